The highest BCUT2D eigenvalue weighted by molar-refractivity contribution is 6.32. The van der Waals surface area contributed by atoms with Crippen molar-refractivity contribution < 1.29 is 27.9 Å². The number of ketones is 1. The summed E-state index contributed by atoms with van der Waals surface area (Å²) in [6.07, 6.45) is 1.91. The third-order valence-electron chi connectivity index (χ3n) is 5.50. The van der Waals surface area contributed by atoms with Crippen molar-refractivity contribution >= 4 is 23.4 Å². The summed E-state index contributed by atoms with van der Waals surface area (Å²) in [6.45, 7) is 3.80. The maximum atomic E-state index is 13.2. The van der Waals surface area contributed by atoms with Crippen molar-refractivity contribution in [3.8, 4) is 5.75 Å². The lowest BCUT2D eigenvalue weighted by molar-refractivity contribution is -0.138. The summed E-state index contributed by atoms with van der Waals surface area (Å²) < 4.78 is 30.2. The molecule has 32 heavy (non-hydrogen) atoms. The van der Waals surface area contributed by atoms with Crippen LogP contribution in [0.4, 0.5) is 4.39 Å². The summed E-state index contributed by atoms with van der Waals surface area (Å²) in [5.74, 6) is -0.344. The van der Waals surface area contributed by atoms with E-state index in [2.05, 4.69) is 5.32 Å². The van der Waals surface area contributed by atoms with Gasteiger partial charge in [0.2, 0.25) is 0 Å². The van der Waals surface area contributed by atoms with Crippen LogP contribution in [0.15, 0.2) is 57.3 Å². The molecule has 1 aromatic heterocycles. The normalized spacial score (nSPS) is 18.4. The molecule has 1 atom stereocenters. The number of rotatable bonds is 6. The molecule has 6 nitrogen and oxygen atoms in total. The molecule has 0 saturated heterocycles. The fourth-order valence-electron chi connectivity index (χ4n) is 4.12. The molecular weight excluding hydrogens is 437 g/mol. The Labute approximate surface area is 190 Å². The van der Waals surface area contributed by atoms with Crippen LogP contribution < -0.4 is 10.1 Å². The predicted octanol–water partition coefficient (Wildman–Crippen LogP) is 5.18. The molecule has 0 spiro atoms. The van der Waals surface area contributed by atoms with Gasteiger partial charge in [-0.1, -0.05) is 11.6 Å². The maximum Gasteiger partial charge on any atom is 0.336 e. The Hall–Kier alpha value is -3.06. The van der Waals surface area contributed by atoms with E-state index in [1.807, 2.05) is 0 Å². The molecule has 1 aliphatic heterocycles. The number of dihydropyridines is 1. The first kappa shape index (κ1) is 22.1. The van der Waals surface area contributed by atoms with Crippen LogP contribution in [0.2, 0.25) is 5.02 Å². The maximum absolute atomic E-state index is 13.2. The Kier molecular flexibility index (Phi) is 6.37. The highest BCUT2D eigenvalue weighted by Crippen LogP contribution is 2.43. The van der Waals surface area contributed by atoms with Crippen molar-refractivity contribution in [1.82, 2.24) is 5.32 Å². The van der Waals surface area contributed by atoms with E-state index in [1.54, 1.807) is 26.0 Å². The molecule has 1 unspecified atom stereocenters. The number of benzene rings is 1. The number of allylic oxidation sites excluding steroid dienone is 3. The average molecular weight is 460 g/mol. The molecule has 1 N–H and O–H groups in total. The first-order valence-corrected chi connectivity index (χ1v) is 10.8. The van der Waals surface area contributed by atoms with Crippen molar-refractivity contribution in [3.63, 3.8) is 0 Å². The van der Waals surface area contributed by atoms with E-state index < -0.39 is 17.7 Å². The second-order valence-corrected chi connectivity index (χ2v) is 8.06. The van der Waals surface area contributed by atoms with E-state index in [0.717, 1.165) is 18.5 Å². The molecule has 8 heteroatoms. The molecule has 2 heterocycles. The number of Topliss-reactive ketones (excluding diaryl/α,β-unsaturated/α-hetero) is 1. The Morgan fingerprint density at radius 1 is 1.28 bits per heavy atom. The van der Waals surface area contributed by atoms with Crippen LogP contribution in [0.25, 0.3) is 0 Å². The van der Waals surface area contributed by atoms with Crippen molar-refractivity contribution in [2.75, 3.05) is 6.61 Å². The minimum atomic E-state index is -0.652. The van der Waals surface area contributed by atoms with Gasteiger partial charge in [0.1, 0.15) is 29.7 Å². The second kappa shape index (κ2) is 9.20. The fraction of sp³-hybridized carbons (Fsp3) is 0.333. The van der Waals surface area contributed by atoms with Gasteiger partial charge in [-0.2, -0.15) is 0 Å². The summed E-state index contributed by atoms with van der Waals surface area (Å²) in [5.41, 5.74) is 2.39. The zero-order chi connectivity index (χ0) is 22.8. The summed E-state index contributed by atoms with van der Waals surface area (Å²) >= 11 is 6.01. The lowest BCUT2D eigenvalue weighted by Crippen LogP contribution is -2.34. The van der Waals surface area contributed by atoms with Crippen molar-refractivity contribution in [2.24, 2.45) is 0 Å². The van der Waals surface area contributed by atoms with E-state index >= 15 is 0 Å². The average Bonchev–Trinajstić information content (AvgIpc) is 3.21. The lowest BCUT2D eigenvalue weighted by atomic mass is 9.77. The van der Waals surface area contributed by atoms with E-state index in [0.29, 0.717) is 40.5 Å². The van der Waals surface area contributed by atoms with Gasteiger partial charge in [-0.25, -0.2) is 9.18 Å². The van der Waals surface area contributed by atoms with Gasteiger partial charge in [-0.15, -0.1) is 0 Å². The number of hydrogen-bond acceptors (Lipinski definition) is 6. The Bertz CT molecular complexity index is 1130. The molecular formula is C24H23ClFNO5. The summed E-state index contributed by atoms with van der Waals surface area (Å²) in [6, 6.07) is 7.32. The molecule has 0 radical (unpaired) electrons. The molecule has 1 aliphatic carbocycles. The molecule has 4 rings (SSSR count). The van der Waals surface area contributed by atoms with E-state index in [1.165, 1.54) is 18.2 Å². The van der Waals surface area contributed by atoms with Gasteiger partial charge in [0.25, 0.3) is 0 Å². The lowest BCUT2D eigenvalue weighted by Gasteiger charge is -2.32. The first-order chi connectivity index (χ1) is 15.4. The molecule has 2 aliphatic rings. The van der Waals surface area contributed by atoms with Gasteiger partial charge < -0.3 is 19.2 Å². The SMILES string of the molecule is CCOC(=O)C1=C(C)NC2=C(C(=O)CCC2)C1c1ccc(COc2ccc(F)cc2Cl)o1. The van der Waals surface area contributed by atoms with Crippen LogP contribution in [0.1, 0.15) is 50.5 Å². The number of carbonyl (C=O) groups is 2. The molecule has 0 bridgehead atoms. The molecule has 0 amide bonds. The van der Waals surface area contributed by atoms with Gasteiger partial charge in [0.15, 0.2) is 5.78 Å². The minimum Gasteiger partial charge on any atom is -0.484 e. The third-order valence-corrected chi connectivity index (χ3v) is 5.80. The Morgan fingerprint density at radius 3 is 2.84 bits per heavy atom. The van der Waals surface area contributed by atoms with Crippen LogP contribution in [0.5, 0.6) is 5.75 Å². The quantitative estimate of drug-likeness (QED) is 0.599. The van der Waals surface area contributed by atoms with Crippen molar-refractivity contribution in [3.05, 3.63) is 75.2 Å². The monoisotopic (exact) mass is 459 g/mol. The molecule has 1 aromatic carbocycles. The number of halogens is 2. The summed E-state index contributed by atoms with van der Waals surface area (Å²) in [4.78, 5) is 25.6. The number of nitrogens with one attached hydrogen (secondary N) is 1. The highest BCUT2D eigenvalue weighted by atomic mass is 35.5. The zero-order valence-corrected chi connectivity index (χ0v) is 18.6. The molecule has 0 saturated carbocycles. The van der Waals surface area contributed by atoms with E-state index in [9.17, 15) is 14.0 Å². The number of furan rings is 1. The van der Waals surface area contributed by atoms with Gasteiger partial charge in [0, 0.05) is 23.4 Å². The zero-order valence-electron chi connectivity index (χ0n) is 17.8. The van der Waals surface area contributed by atoms with Gasteiger partial charge in [-0.3, -0.25) is 4.79 Å². The predicted molar refractivity (Wildman–Crippen MR) is 116 cm³/mol. The van der Waals surface area contributed by atoms with Gasteiger partial charge in [0.05, 0.1) is 23.1 Å². The number of hydrogen-bond donors (Lipinski definition) is 1. The highest BCUT2D eigenvalue weighted by Gasteiger charge is 2.40. The number of esters is 1. The van der Waals surface area contributed by atoms with Crippen molar-refractivity contribution in [2.45, 2.75) is 45.6 Å². The fourth-order valence-corrected chi connectivity index (χ4v) is 4.34. The third kappa shape index (κ3) is 4.30. The summed E-state index contributed by atoms with van der Waals surface area (Å²) in [7, 11) is 0. The van der Waals surface area contributed by atoms with Gasteiger partial charge in [-0.05, 0) is 57.0 Å². The second-order valence-electron chi connectivity index (χ2n) is 7.65. The number of carbonyl (C=O) groups excluding carboxylic acids is 2. The smallest absolute Gasteiger partial charge is 0.336 e. The van der Waals surface area contributed by atoms with Crippen LogP contribution in [-0.4, -0.2) is 18.4 Å². The van der Waals surface area contributed by atoms with Crippen LogP contribution >= 0.6 is 11.6 Å². The van der Waals surface area contributed by atoms with Crippen LogP contribution in [0, 0.1) is 5.82 Å². The minimum absolute atomic E-state index is 0.00894. The summed E-state index contributed by atoms with van der Waals surface area (Å²) in [5, 5.41) is 3.38. The molecule has 0 fully saturated rings. The van der Waals surface area contributed by atoms with Crippen LogP contribution in [0.3, 0.4) is 0 Å². The first-order valence-electron chi connectivity index (χ1n) is 10.5. The largest absolute Gasteiger partial charge is 0.484 e. The van der Waals surface area contributed by atoms with Gasteiger partial charge >= 0.3 is 5.97 Å². The topological polar surface area (TPSA) is 77.8 Å². The molecule has 2 aromatic rings. The van der Waals surface area contributed by atoms with E-state index in [-0.39, 0.29) is 24.0 Å². The Balaban J connectivity index is 1.65. The number of ether oxygens (including phenoxy) is 2. The Morgan fingerprint density at radius 2 is 2.09 bits per heavy atom. The van der Waals surface area contributed by atoms with Crippen LogP contribution in [-0.2, 0) is 20.9 Å². The van der Waals surface area contributed by atoms with E-state index in [4.69, 9.17) is 25.5 Å². The standard InChI is InChI=1S/C24H23ClFNO5/c1-3-30-24(29)21-13(2)27-17-5-4-6-18(28)22(17)23(21)20-10-8-15(32-20)12-31-19-9-7-14(26)11-16(19)25/h7-11,23,27H,3-6,12H2,1-2H3. The molecule has 168 valence electrons. The van der Waals surface area contributed by atoms with Crippen molar-refractivity contribution in [1.29, 1.82) is 0 Å².